The van der Waals surface area contributed by atoms with Crippen LogP contribution in [0.2, 0.25) is 0 Å². The van der Waals surface area contributed by atoms with Gasteiger partial charge in [-0.1, -0.05) is 13.0 Å². The summed E-state index contributed by atoms with van der Waals surface area (Å²) in [6.07, 6.45) is 5.62. The Morgan fingerprint density at radius 3 is 2.53 bits per heavy atom. The molecule has 0 radical (unpaired) electrons. The molecule has 2 aromatic rings. The Labute approximate surface area is 298 Å². The van der Waals surface area contributed by atoms with E-state index in [0.717, 1.165) is 69.9 Å². The zero-order valence-corrected chi connectivity index (χ0v) is 29.5. The van der Waals surface area contributed by atoms with E-state index in [2.05, 4.69) is 51.0 Å². The van der Waals surface area contributed by atoms with Crippen molar-refractivity contribution < 1.29 is 38.0 Å². The van der Waals surface area contributed by atoms with Gasteiger partial charge in [0.05, 0.1) is 43.9 Å². The fourth-order valence-corrected chi connectivity index (χ4v) is 9.92. The number of hydrogen-bond acceptors (Lipinski definition) is 10. The first-order valence-electron chi connectivity index (χ1n) is 19.0. The van der Waals surface area contributed by atoms with Gasteiger partial charge in [0.15, 0.2) is 5.69 Å². The Morgan fingerprint density at radius 1 is 0.961 bits per heavy atom. The fraction of sp³-hybridized carbons (Fsp3) is 0.737. The number of halogens is 3. The molecule has 5 aliphatic rings. The highest BCUT2D eigenvalue weighted by molar-refractivity contribution is 5.41. The van der Waals surface area contributed by atoms with Crippen LogP contribution in [0.5, 0.6) is 5.75 Å². The van der Waals surface area contributed by atoms with Gasteiger partial charge in [-0.15, -0.1) is 0 Å². The third-order valence-corrected chi connectivity index (χ3v) is 12.9. The van der Waals surface area contributed by atoms with Gasteiger partial charge in [0.25, 0.3) is 0 Å². The molecule has 4 fully saturated rings. The first-order valence-corrected chi connectivity index (χ1v) is 19.0. The first-order chi connectivity index (χ1) is 24.5. The number of benzene rings is 1. The molecule has 0 amide bonds. The van der Waals surface area contributed by atoms with Crippen molar-refractivity contribution in [3.63, 3.8) is 0 Å². The number of fused-ring (bicyclic) bond motifs is 5. The van der Waals surface area contributed by atoms with E-state index in [1.807, 2.05) is 0 Å². The van der Waals surface area contributed by atoms with Crippen molar-refractivity contribution in [1.82, 2.24) is 20.6 Å². The number of aliphatic hydroxyl groups is 3. The van der Waals surface area contributed by atoms with Crippen molar-refractivity contribution >= 4 is 5.82 Å². The van der Waals surface area contributed by atoms with Crippen molar-refractivity contribution in [3.8, 4) is 5.75 Å². The molecule has 51 heavy (non-hydrogen) atoms. The van der Waals surface area contributed by atoms with E-state index in [0.29, 0.717) is 43.1 Å². The first kappa shape index (κ1) is 36.8. The Kier molecular flexibility index (Phi) is 11.1. The van der Waals surface area contributed by atoms with Crippen LogP contribution in [-0.2, 0) is 17.3 Å². The Balaban J connectivity index is 0.773. The molecule has 0 spiro atoms. The van der Waals surface area contributed by atoms with Gasteiger partial charge in [0, 0.05) is 18.6 Å². The Hall–Kier alpha value is -2.55. The molecule has 0 bridgehead atoms. The molecule has 1 aliphatic heterocycles. The number of aromatic nitrogens is 2. The van der Waals surface area contributed by atoms with Crippen LogP contribution in [0.1, 0.15) is 93.9 Å². The van der Waals surface area contributed by atoms with Gasteiger partial charge in [0.1, 0.15) is 23.8 Å². The third-order valence-electron chi connectivity index (χ3n) is 12.9. The van der Waals surface area contributed by atoms with Gasteiger partial charge < -0.3 is 40.7 Å². The monoisotopic (exact) mass is 717 g/mol. The fourth-order valence-electron chi connectivity index (χ4n) is 9.92. The lowest BCUT2D eigenvalue weighted by molar-refractivity contribution is -0.141. The van der Waals surface area contributed by atoms with Crippen LogP contribution in [0.3, 0.4) is 0 Å². The zero-order chi connectivity index (χ0) is 35.8. The highest BCUT2D eigenvalue weighted by atomic mass is 19.4. The number of alkyl halides is 3. The van der Waals surface area contributed by atoms with E-state index >= 15 is 0 Å². The molecule has 10 nitrogen and oxygen atoms in total. The predicted octanol–water partition coefficient (Wildman–Crippen LogP) is 4.57. The van der Waals surface area contributed by atoms with Crippen LogP contribution in [0.25, 0.3) is 0 Å². The van der Waals surface area contributed by atoms with Crippen molar-refractivity contribution in [2.75, 3.05) is 31.6 Å². The van der Waals surface area contributed by atoms with E-state index in [-0.39, 0.29) is 30.0 Å². The number of hydrogen-bond donors (Lipinski definition) is 6. The summed E-state index contributed by atoms with van der Waals surface area (Å²) in [7, 11) is 0. The Morgan fingerprint density at radius 2 is 1.75 bits per heavy atom. The summed E-state index contributed by atoms with van der Waals surface area (Å²) in [4.78, 5) is 7.09. The van der Waals surface area contributed by atoms with Crippen LogP contribution in [0, 0.1) is 17.3 Å². The summed E-state index contributed by atoms with van der Waals surface area (Å²) in [6.45, 7) is 4.26. The van der Waals surface area contributed by atoms with Crippen LogP contribution < -0.4 is 20.7 Å². The predicted molar refractivity (Wildman–Crippen MR) is 185 cm³/mol. The second-order valence-corrected chi connectivity index (χ2v) is 15.9. The number of nitrogens with one attached hydrogen (secondary N) is 3. The number of ether oxygens (including phenoxy) is 2. The lowest BCUT2D eigenvalue weighted by Crippen LogP contribution is -2.58. The van der Waals surface area contributed by atoms with Gasteiger partial charge in [0.2, 0.25) is 0 Å². The van der Waals surface area contributed by atoms with Gasteiger partial charge in [-0.05, 0) is 124 Å². The normalized spacial score (nSPS) is 36.5. The minimum absolute atomic E-state index is 0.00260. The van der Waals surface area contributed by atoms with Crippen molar-refractivity contribution in [1.29, 1.82) is 0 Å². The lowest BCUT2D eigenvalue weighted by Gasteiger charge is -2.50. The van der Waals surface area contributed by atoms with Gasteiger partial charge >= 0.3 is 6.18 Å². The topological polar surface area (TPSA) is 141 Å². The molecule has 1 aromatic carbocycles. The molecular formula is C38H54F3N5O5. The number of aliphatic hydroxyl groups excluding tert-OH is 3. The highest BCUT2D eigenvalue weighted by Crippen LogP contribution is 2.61. The standard InChI is InChI=1S/C38H54F3N5O5/c1-37-14-13-27-26-10-8-25(17-22(26)3-9-28(27)29(37)11-12-33(37)47)50-16-2-15-43-23-4-6-24(7-5-23)44-18-31-36(49)35(48)30(21-51-31)45-34-20-42-19-32(46-34)38(39,40)41/h8,10,17,19-20,23-24,27-31,33,35-36,43-44,47-49H,2-7,9,11-16,18,21H2,1H3,(H,45,46)/t23?,24?,27-,28-,29+,30+,31-,33+,35-,36+,37+/m1/s1. The van der Waals surface area contributed by atoms with E-state index in [1.54, 1.807) is 0 Å². The SMILES string of the molecule is C[C@]12CC[C@@H]3c4ccc(OCCCNC5CCC(NC[C@H]6OC[C@H](Nc7cncc(C(F)(F)F)n7)[C@@H](O)[C@H]6O)CC5)cc4CC[C@H]3[C@@H]1CC[C@@H]2O. The van der Waals surface area contributed by atoms with Crippen molar-refractivity contribution in [3.05, 3.63) is 47.4 Å². The number of rotatable bonds is 11. The molecule has 0 unspecified atom stereocenters. The third kappa shape index (κ3) is 8.03. The average molecular weight is 718 g/mol. The van der Waals surface area contributed by atoms with Gasteiger partial charge in [-0.2, -0.15) is 13.2 Å². The molecular weight excluding hydrogens is 663 g/mol. The summed E-state index contributed by atoms with van der Waals surface area (Å²) in [5.74, 6) is 2.79. The summed E-state index contributed by atoms with van der Waals surface area (Å²) in [6, 6.07) is 6.64. The molecule has 9 atom stereocenters. The van der Waals surface area contributed by atoms with Crippen LogP contribution >= 0.6 is 0 Å². The van der Waals surface area contributed by atoms with Crippen molar-refractivity contribution in [2.24, 2.45) is 17.3 Å². The molecule has 1 aromatic heterocycles. The summed E-state index contributed by atoms with van der Waals surface area (Å²) in [5.41, 5.74) is 1.94. The number of aryl methyl sites for hydroxylation is 1. The largest absolute Gasteiger partial charge is 0.494 e. The zero-order valence-electron chi connectivity index (χ0n) is 29.5. The summed E-state index contributed by atoms with van der Waals surface area (Å²) >= 11 is 0. The highest BCUT2D eigenvalue weighted by Gasteiger charge is 2.54. The molecule has 3 saturated carbocycles. The maximum Gasteiger partial charge on any atom is 0.434 e. The summed E-state index contributed by atoms with van der Waals surface area (Å²) in [5, 5.41) is 41.9. The molecule has 282 valence electrons. The average Bonchev–Trinajstić information content (AvgIpc) is 3.43. The quantitative estimate of drug-likeness (QED) is 0.183. The Bertz CT molecular complexity index is 1480. The summed E-state index contributed by atoms with van der Waals surface area (Å²) < 4.78 is 50.9. The van der Waals surface area contributed by atoms with Crippen LogP contribution in [-0.4, -0.2) is 94.1 Å². The molecule has 7 rings (SSSR count). The maximum absolute atomic E-state index is 13.0. The van der Waals surface area contributed by atoms with E-state index < -0.39 is 36.2 Å². The minimum atomic E-state index is -4.64. The van der Waals surface area contributed by atoms with Gasteiger partial charge in [-0.25, -0.2) is 4.98 Å². The number of nitrogens with zero attached hydrogens (tertiary/aromatic N) is 2. The molecule has 13 heteroatoms. The van der Waals surface area contributed by atoms with E-state index in [9.17, 15) is 28.5 Å². The maximum atomic E-state index is 13.0. The molecule has 4 aliphatic carbocycles. The van der Waals surface area contributed by atoms with Gasteiger partial charge in [-0.3, -0.25) is 4.98 Å². The second-order valence-electron chi connectivity index (χ2n) is 15.9. The smallest absolute Gasteiger partial charge is 0.434 e. The van der Waals surface area contributed by atoms with E-state index in [1.165, 1.54) is 30.4 Å². The lowest BCUT2D eigenvalue weighted by atomic mass is 9.55. The molecule has 1 saturated heterocycles. The molecule has 6 N–H and O–H groups in total. The van der Waals surface area contributed by atoms with Crippen molar-refractivity contribution in [2.45, 2.75) is 132 Å². The van der Waals surface area contributed by atoms with Crippen LogP contribution in [0.15, 0.2) is 30.6 Å². The minimum Gasteiger partial charge on any atom is -0.494 e. The number of anilines is 1. The van der Waals surface area contributed by atoms with E-state index in [4.69, 9.17) is 9.47 Å². The molecule has 2 heterocycles. The van der Waals surface area contributed by atoms with Crippen LogP contribution in [0.4, 0.5) is 19.0 Å². The second kappa shape index (κ2) is 15.4.